The number of rotatable bonds is 6. The Morgan fingerprint density at radius 1 is 1.29 bits per heavy atom. The number of likely N-dealkylation sites (N-methyl/N-ethyl adjacent to an activating group) is 1. The monoisotopic (exact) mass is 289 g/mol. The van der Waals surface area contributed by atoms with E-state index in [4.69, 9.17) is 10.5 Å². The normalized spacial score (nSPS) is 23.6. The number of hydrogen-bond acceptors (Lipinski definition) is 4. The van der Waals surface area contributed by atoms with Crippen molar-refractivity contribution >= 4 is 5.69 Å². The van der Waals surface area contributed by atoms with Gasteiger partial charge in [-0.3, -0.25) is 9.80 Å². The molecule has 0 amide bonds. The summed E-state index contributed by atoms with van der Waals surface area (Å²) in [5.74, 6) is 0. The molecule has 1 unspecified atom stereocenters. The third-order valence-corrected chi connectivity index (χ3v) is 4.54. The van der Waals surface area contributed by atoms with Crippen molar-refractivity contribution in [2.24, 2.45) is 0 Å². The second-order valence-corrected chi connectivity index (χ2v) is 6.29. The first-order chi connectivity index (χ1) is 10.2. The molecule has 1 aromatic carbocycles. The summed E-state index contributed by atoms with van der Waals surface area (Å²) in [4.78, 5) is 5.08. The summed E-state index contributed by atoms with van der Waals surface area (Å²) in [6.45, 7) is 8.44. The molecule has 116 valence electrons. The fourth-order valence-corrected chi connectivity index (χ4v) is 3.08. The van der Waals surface area contributed by atoms with Crippen LogP contribution in [0.15, 0.2) is 24.3 Å². The van der Waals surface area contributed by atoms with Crippen LogP contribution in [0.3, 0.4) is 0 Å². The molecule has 0 spiro atoms. The highest BCUT2D eigenvalue weighted by atomic mass is 16.5. The molecule has 1 aliphatic heterocycles. The van der Waals surface area contributed by atoms with Crippen molar-refractivity contribution in [2.75, 3.05) is 38.5 Å². The van der Waals surface area contributed by atoms with Gasteiger partial charge in [0.2, 0.25) is 0 Å². The van der Waals surface area contributed by atoms with E-state index in [2.05, 4.69) is 28.9 Å². The highest BCUT2D eigenvalue weighted by molar-refractivity contribution is 5.39. The van der Waals surface area contributed by atoms with E-state index >= 15 is 0 Å². The van der Waals surface area contributed by atoms with Gasteiger partial charge in [-0.05, 0) is 37.1 Å². The zero-order valence-electron chi connectivity index (χ0n) is 13.0. The van der Waals surface area contributed by atoms with Crippen LogP contribution in [0.25, 0.3) is 0 Å². The van der Waals surface area contributed by atoms with Crippen molar-refractivity contribution in [2.45, 2.75) is 38.5 Å². The molecule has 0 aromatic heterocycles. The SMILES string of the molecule is CCN1CCOC(CN(Cc2ccc(N)cc2)C2CC2)C1. The lowest BCUT2D eigenvalue weighted by Crippen LogP contribution is -2.47. The van der Waals surface area contributed by atoms with Gasteiger partial charge in [0.05, 0.1) is 12.7 Å². The Morgan fingerprint density at radius 3 is 2.71 bits per heavy atom. The zero-order chi connectivity index (χ0) is 14.7. The molecule has 1 aliphatic carbocycles. The van der Waals surface area contributed by atoms with Crippen LogP contribution < -0.4 is 5.73 Å². The Morgan fingerprint density at radius 2 is 2.05 bits per heavy atom. The maximum atomic E-state index is 5.97. The van der Waals surface area contributed by atoms with E-state index < -0.39 is 0 Å². The highest BCUT2D eigenvalue weighted by Gasteiger charge is 2.32. The first-order valence-electron chi connectivity index (χ1n) is 8.17. The fraction of sp³-hybridized carbons (Fsp3) is 0.647. The second-order valence-electron chi connectivity index (χ2n) is 6.29. The molecule has 0 radical (unpaired) electrons. The number of anilines is 1. The average Bonchev–Trinajstić information content (AvgIpc) is 3.34. The minimum Gasteiger partial charge on any atom is -0.399 e. The molecule has 1 aromatic rings. The Kier molecular flexibility index (Phi) is 4.78. The Labute approximate surface area is 127 Å². The first-order valence-corrected chi connectivity index (χ1v) is 8.17. The van der Waals surface area contributed by atoms with Gasteiger partial charge in [0, 0.05) is 37.9 Å². The van der Waals surface area contributed by atoms with Gasteiger partial charge >= 0.3 is 0 Å². The number of benzene rings is 1. The summed E-state index contributed by atoms with van der Waals surface area (Å²) >= 11 is 0. The molecule has 2 N–H and O–H groups in total. The van der Waals surface area contributed by atoms with E-state index in [1.165, 1.54) is 18.4 Å². The van der Waals surface area contributed by atoms with E-state index in [-0.39, 0.29) is 0 Å². The lowest BCUT2D eigenvalue weighted by molar-refractivity contribution is -0.0440. The van der Waals surface area contributed by atoms with Crippen molar-refractivity contribution in [3.63, 3.8) is 0 Å². The molecule has 0 bridgehead atoms. The van der Waals surface area contributed by atoms with Crippen LogP contribution in [-0.2, 0) is 11.3 Å². The molecular formula is C17H27N3O. The van der Waals surface area contributed by atoms with Crippen LogP contribution in [0.4, 0.5) is 5.69 Å². The summed E-state index contributed by atoms with van der Waals surface area (Å²) in [6.07, 6.45) is 3.02. The number of nitrogens with two attached hydrogens (primary N) is 1. The number of ether oxygens (including phenoxy) is 1. The van der Waals surface area contributed by atoms with Crippen LogP contribution >= 0.6 is 0 Å². The maximum absolute atomic E-state index is 5.97. The summed E-state index contributed by atoms with van der Waals surface area (Å²) in [5.41, 5.74) is 7.96. The fourth-order valence-electron chi connectivity index (χ4n) is 3.08. The molecule has 1 saturated carbocycles. The number of morpholine rings is 1. The largest absolute Gasteiger partial charge is 0.399 e. The smallest absolute Gasteiger partial charge is 0.0829 e. The van der Waals surface area contributed by atoms with Crippen molar-refractivity contribution < 1.29 is 4.74 Å². The molecule has 4 heteroatoms. The van der Waals surface area contributed by atoms with Crippen molar-refractivity contribution in [1.82, 2.24) is 9.80 Å². The van der Waals surface area contributed by atoms with Gasteiger partial charge in [0.25, 0.3) is 0 Å². The number of nitrogen functional groups attached to an aromatic ring is 1. The van der Waals surface area contributed by atoms with Gasteiger partial charge in [-0.2, -0.15) is 0 Å². The topological polar surface area (TPSA) is 41.7 Å². The van der Waals surface area contributed by atoms with E-state index in [0.29, 0.717) is 6.10 Å². The molecular weight excluding hydrogens is 262 g/mol. The lowest BCUT2D eigenvalue weighted by atomic mass is 10.1. The maximum Gasteiger partial charge on any atom is 0.0829 e. The standard InChI is InChI=1S/C17H27N3O/c1-2-19-9-10-21-17(12-19)13-20(16-7-8-16)11-14-3-5-15(18)6-4-14/h3-6,16-17H,2,7-13,18H2,1H3. The zero-order valence-corrected chi connectivity index (χ0v) is 13.0. The summed E-state index contributed by atoms with van der Waals surface area (Å²) < 4.78 is 5.97. The Hall–Kier alpha value is -1.10. The summed E-state index contributed by atoms with van der Waals surface area (Å²) in [5, 5.41) is 0. The molecule has 2 fully saturated rings. The number of nitrogens with zero attached hydrogens (tertiary/aromatic N) is 2. The van der Waals surface area contributed by atoms with E-state index in [0.717, 1.165) is 51.1 Å². The van der Waals surface area contributed by atoms with Gasteiger partial charge < -0.3 is 10.5 Å². The van der Waals surface area contributed by atoms with Crippen molar-refractivity contribution in [1.29, 1.82) is 0 Å². The lowest BCUT2D eigenvalue weighted by Gasteiger charge is -2.35. The minimum absolute atomic E-state index is 0.355. The predicted octanol–water partition coefficient (Wildman–Crippen LogP) is 1.95. The van der Waals surface area contributed by atoms with Crippen LogP contribution in [0.5, 0.6) is 0 Å². The second kappa shape index (κ2) is 6.77. The summed E-state index contributed by atoms with van der Waals surface area (Å²) in [7, 11) is 0. The Bertz CT molecular complexity index is 444. The highest BCUT2D eigenvalue weighted by Crippen LogP contribution is 2.29. The third-order valence-electron chi connectivity index (χ3n) is 4.54. The van der Waals surface area contributed by atoms with Gasteiger partial charge in [-0.1, -0.05) is 19.1 Å². The minimum atomic E-state index is 0.355. The molecule has 3 rings (SSSR count). The van der Waals surface area contributed by atoms with Gasteiger partial charge in [-0.25, -0.2) is 0 Å². The molecule has 1 heterocycles. The quantitative estimate of drug-likeness (QED) is 0.813. The predicted molar refractivity (Wildman–Crippen MR) is 86.1 cm³/mol. The third kappa shape index (κ3) is 4.19. The van der Waals surface area contributed by atoms with Gasteiger partial charge in [0.15, 0.2) is 0 Å². The molecule has 4 nitrogen and oxygen atoms in total. The van der Waals surface area contributed by atoms with E-state index in [1.807, 2.05) is 12.1 Å². The van der Waals surface area contributed by atoms with Crippen LogP contribution in [0, 0.1) is 0 Å². The van der Waals surface area contributed by atoms with Crippen molar-refractivity contribution in [3.05, 3.63) is 29.8 Å². The number of hydrogen-bond donors (Lipinski definition) is 1. The summed E-state index contributed by atoms with van der Waals surface area (Å²) in [6, 6.07) is 9.03. The van der Waals surface area contributed by atoms with Gasteiger partial charge in [-0.15, -0.1) is 0 Å². The van der Waals surface area contributed by atoms with Crippen molar-refractivity contribution in [3.8, 4) is 0 Å². The van der Waals surface area contributed by atoms with E-state index in [1.54, 1.807) is 0 Å². The van der Waals surface area contributed by atoms with Gasteiger partial charge in [0.1, 0.15) is 0 Å². The van der Waals surface area contributed by atoms with E-state index in [9.17, 15) is 0 Å². The Balaban J connectivity index is 1.58. The molecule has 21 heavy (non-hydrogen) atoms. The average molecular weight is 289 g/mol. The molecule has 2 aliphatic rings. The van der Waals surface area contributed by atoms with Crippen LogP contribution in [0.1, 0.15) is 25.3 Å². The van der Waals surface area contributed by atoms with Crippen LogP contribution in [0.2, 0.25) is 0 Å². The molecule has 1 saturated heterocycles. The molecule has 1 atom stereocenters. The van der Waals surface area contributed by atoms with Crippen LogP contribution in [-0.4, -0.2) is 54.7 Å². The first kappa shape index (κ1) is 14.8.